The number of nitrogens with one attached hydrogen (secondary N) is 1. The Morgan fingerprint density at radius 1 is 1.73 bits per heavy atom. The molecule has 1 atom stereocenters. The van der Waals surface area contributed by atoms with E-state index in [-0.39, 0.29) is 0 Å². The lowest BCUT2D eigenvalue weighted by Crippen LogP contribution is -3.03. The van der Waals surface area contributed by atoms with Gasteiger partial charge in [-0.15, -0.1) is 0 Å². The highest BCUT2D eigenvalue weighted by molar-refractivity contribution is 5.43. The van der Waals surface area contributed by atoms with Gasteiger partial charge in [0.2, 0.25) is 0 Å². The molecule has 2 nitrogen and oxygen atoms in total. The molecule has 0 radical (unpaired) electrons. The minimum absolute atomic E-state index is 0.325. The highest BCUT2D eigenvalue weighted by Gasteiger charge is 2.28. The minimum atomic E-state index is 0.325. The van der Waals surface area contributed by atoms with Crippen molar-refractivity contribution in [2.45, 2.75) is 26.7 Å². The zero-order valence-electron chi connectivity index (χ0n) is 7.24. The fourth-order valence-electron chi connectivity index (χ4n) is 1.19. The summed E-state index contributed by atoms with van der Waals surface area (Å²) in [6.07, 6.45) is 1.85. The Hall–Kier alpha value is -0.600. The molecule has 0 spiro atoms. The Morgan fingerprint density at radius 3 is 2.73 bits per heavy atom. The monoisotopic (exact) mass is 153 g/mol. The summed E-state index contributed by atoms with van der Waals surface area (Å²) in [5.41, 5.74) is 3.28. The van der Waals surface area contributed by atoms with E-state index >= 15 is 0 Å². The predicted molar refractivity (Wildman–Crippen MR) is 45.9 cm³/mol. The molecule has 2 heteroatoms. The molecule has 0 amide bonds. The molecule has 0 aromatic heterocycles. The van der Waals surface area contributed by atoms with Crippen molar-refractivity contribution in [2.75, 3.05) is 6.54 Å². The molecule has 1 aliphatic carbocycles. The maximum absolute atomic E-state index is 11.2. The Morgan fingerprint density at radius 2 is 2.36 bits per heavy atom. The Bertz CT molecular complexity index is 206. The molecule has 0 aliphatic heterocycles. The van der Waals surface area contributed by atoms with Crippen LogP contribution in [0.15, 0.2) is 23.4 Å². The molecule has 11 heavy (non-hydrogen) atoms. The van der Waals surface area contributed by atoms with E-state index in [0.717, 1.165) is 24.1 Å². The first-order valence-corrected chi connectivity index (χ1v) is 4.08. The van der Waals surface area contributed by atoms with E-state index < -0.39 is 0 Å². The van der Waals surface area contributed by atoms with Crippen LogP contribution in [0.25, 0.3) is 0 Å². The van der Waals surface area contributed by atoms with Crippen LogP contribution in [0.4, 0.5) is 0 Å². The summed E-state index contributed by atoms with van der Waals surface area (Å²) in [4.78, 5) is 0. The van der Waals surface area contributed by atoms with Crippen LogP contribution >= 0.6 is 0 Å². The van der Waals surface area contributed by atoms with Gasteiger partial charge in [0.1, 0.15) is 5.70 Å². The lowest BCUT2D eigenvalue weighted by molar-refractivity contribution is -0.802. The van der Waals surface area contributed by atoms with Crippen LogP contribution in [-0.2, 0) is 0 Å². The number of hydroxylamine groups is 2. The first-order valence-electron chi connectivity index (χ1n) is 4.08. The van der Waals surface area contributed by atoms with Crippen molar-refractivity contribution in [3.63, 3.8) is 0 Å². The van der Waals surface area contributed by atoms with Crippen LogP contribution in [0.1, 0.15) is 26.7 Å². The largest absolute Gasteiger partial charge is 0.629 e. The Balaban J connectivity index is 2.46. The van der Waals surface area contributed by atoms with E-state index in [0.29, 0.717) is 11.6 Å². The van der Waals surface area contributed by atoms with E-state index in [2.05, 4.69) is 6.58 Å². The molecule has 1 N–H and O–H groups in total. The Labute approximate surface area is 67.8 Å². The molecule has 1 unspecified atom stereocenters. The van der Waals surface area contributed by atoms with E-state index in [1.165, 1.54) is 5.57 Å². The van der Waals surface area contributed by atoms with Gasteiger partial charge in [0, 0.05) is 5.57 Å². The molecule has 1 rings (SSSR count). The van der Waals surface area contributed by atoms with Gasteiger partial charge in [-0.05, 0) is 18.9 Å². The number of allylic oxidation sites excluding steroid dienone is 3. The first-order chi connectivity index (χ1) is 5.16. The van der Waals surface area contributed by atoms with Crippen molar-refractivity contribution < 1.29 is 5.06 Å². The molecule has 0 aromatic carbocycles. The summed E-state index contributed by atoms with van der Waals surface area (Å²) in [7, 11) is 0. The smallest absolute Gasteiger partial charge is 0.116 e. The van der Waals surface area contributed by atoms with Gasteiger partial charge in [-0.3, -0.25) is 0 Å². The number of quaternary nitrogens is 1. The summed E-state index contributed by atoms with van der Waals surface area (Å²) in [6, 6.07) is 0. The molecule has 0 heterocycles. The summed E-state index contributed by atoms with van der Waals surface area (Å²) in [5.74, 6) is 0. The molecule has 0 fully saturated rings. The fourth-order valence-corrected chi connectivity index (χ4v) is 1.19. The average molecular weight is 153 g/mol. The van der Waals surface area contributed by atoms with Crippen molar-refractivity contribution in [3.8, 4) is 0 Å². The summed E-state index contributed by atoms with van der Waals surface area (Å²) in [6.45, 7) is 8.49. The van der Waals surface area contributed by atoms with Gasteiger partial charge >= 0.3 is 0 Å². The number of hydrogen-bond acceptors (Lipinski definition) is 1. The maximum atomic E-state index is 11.2. The third-order valence-electron chi connectivity index (χ3n) is 1.92. The molecular weight excluding hydrogens is 138 g/mol. The molecular formula is C9H15NO. The topological polar surface area (TPSA) is 27.5 Å². The van der Waals surface area contributed by atoms with E-state index in [1.54, 1.807) is 0 Å². The summed E-state index contributed by atoms with van der Waals surface area (Å²) in [5, 5.41) is 11.5. The lowest BCUT2D eigenvalue weighted by atomic mass is 10.3. The second kappa shape index (κ2) is 3.20. The van der Waals surface area contributed by atoms with Gasteiger partial charge in [0.05, 0.1) is 13.0 Å². The highest BCUT2D eigenvalue weighted by atomic mass is 16.5. The van der Waals surface area contributed by atoms with Crippen LogP contribution in [0.5, 0.6) is 0 Å². The second-order valence-corrected chi connectivity index (χ2v) is 3.09. The molecule has 0 bridgehead atoms. The van der Waals surface area contributed by atoms with Crippen LogP contribution < -0.4 is 5.06 Å². The SMILES string of the molecule is C=C(C)C1=C([NH+]([O-])CCC)C1. The molecule has 62 valence electrons. The molecule has 0 aromatic rings. The van der Waals surface area contributed by atoms with Crippen molar-refractivity contribution in [1.82, 2.24) is 0 Å². The van der Waals surface area contributed by atoms with E-state index in [1.807, 2.05) is 13.8 Å². The average Bonchev–Trinajstić information content (AvgIpc) is 2.65. The zero-order chi connectivity index (χ0) is 8.43. The lowest BCUT2D eigenvalue weighted by Gasteiger charge is -2.16. The normalized spacial score (nSPS) is 18.5. The maximum Gasteiger partial charge on any atom is 0.116 e. The van der Waals surface area contributed by atoms with Crippen LogP contribution in [-0.4, -0.2) is 6.54 Å². The number of hydrogen-bond donors (Lipinski definition) is 1. The number of rotatable bonds is 4. The fraction of sp³-hybridized carbons (Fsp3) is 0.556. The van der Waals surface area contributed by atoms with Crippen molar-refractivity contribution in [1.29, 1.82) is 0 Å². The third kappa shape index (κ3) is 1.91. The van der Waals surface area contributed by atoms with Crippen LogP contribution in [0.2, 0.25) is 0 Å². The molecule has 0 saturated carbocycles. The minimum Gasteiger partial charge on any atom is -0.629 e. The van der Waals surface area contributed by atoms with Gasteiger partial charge < -0.3 is 10.3 Å². The van der Waals surface area contributed by atoms with Gasteiger partial charge in [0.25, 0.3) is 0 Å². The predicted octanol–water partition coefficient (Wildman–Crippen LogP) is 1.01. The van der Waals surface area contributed by atoms with E-state index in [9.17, 15) is 5.21 Å². The Kier molecular flexibility index (Phi) is 2.47. The zero-order valence-corrected chi connectivity index (χ0v) is 7.24. The van der Waals surface area contributed by atoms with Crippen molar-refractivity contribution >= 4 is 0 Å². The third-order valence-corrected chi connectivity index (χ3v) is 1.92. The van der Waals surface area contributed by atoms with Gasteiger partial charge in [-0.25, -0.2) is 0 Å². The summed E-state index contributed by atoms with van der Waals surface area (Å²) < 4.78 is 0. The second-order valence-electron chi connectivity index (χ2n) is 3.09. The van der Waals surface area contributed by atoms with Gasteiger partial charge in [0.15, 0.2) is 0 Å². The van der Waals surface area contributed by atoms with Crippen LogP contribution in [0.3, 0.4) is 0 Å². The van der Waals surface area contributed by atoms with Gasteiger partial charge in [-0.2, -0.15) is 0 Å². The van der Waals surface area contributed by atoms with E-state index in [4.69, 9.17) is 0 Å². The van der Waals surface area contributed by atoms with Crippen LogP contribution in [0, 0.1) is 5.21 Å². The quantitative estimate of drug-likeness (QED) is 0.600. The standard InChI is InChI=1S/C9H15NO/c1-4-5-10(11)9-6-8(9)7(2)3/h10H,2,4-6H2,1,3H3. The van der Waals surface area contributed by atoms with Gasteiger partial charge in [-0.1, -0.05) is 13.5 Å². The first kappa shape index (κ1) is 8.50. The van der Waals surface area contributed by atoms with Crippen molar-refractivity contribution in [2.24, 2.45) is 0 Å². The van der Waals surface area contributed by atoms with Crippen molar-refractivity contribution in [3.05, 3.63) is 28.6 Å². The highest BCUT2D eigenvalue weighted by Crippen LogP contribution is 2.30. The molecule has 0 saturated heterocycles. The molecule has 1 aliphatic rings. The summed E-state index contributed by atoms with van der Waals surface area (Å²) >= 11 is 0.